The van der Waals surface area contributed by atoms with E-state index in [1.807, 2.05) is 0 Å². The van der Waals surface area contributed by atoms with Gasteiger partial charge in [0.1, 0.15) is 11.6 Å². The van der Waals surface area contributed by atoms with E-state index < -0.39 is 21.7 Å². The van der Waals surface area contributed by atoms with Gasteiger partial charge in [0.05, 0.1) is 23.4 Å². The number of rotatable bonds is 7. The molecule has 9 nitrogen and oxygen atoms in total. The zero-order valence-corrected chi connectivity index (χ0v) is 19.3. The zero-order valence-electron chi connectivity index (χ0n) is 18.4. The maximum Gasteiger partial charge on any atom is 0.262 e. The molecule has 4 rings (SSSR count). The third-order valence-corrected chi connectivity index (χ3v) is 6.65. The van der Waals surface area contributed by atoms with E-state index in [1.54, 1.807) is 0 Å². The lowest BCUT2D eigenvalue weighted by molar-refractivity contribution is -0.121. The van der Waals surface area contributed by atoms with Crippen LogP contribution in [0.15, 0.2) is 71.6 Å². The van der Waals surface area contributed by atoms with Crippen LogP contribution in [-0.4, -0.2) is 33.2 Å². The van der Waals surface area contributed by atoms with E-state index in [0.29, 0.717) is 5.69 Å². The first-order valence-electron chi connectivity index (χ1n) is 10.4. The zero-order chi connectivity index (χ0) is 25.2. The van der Waals surface area contributed by atoms with Crippen LogP contribution in [0.4, 0.5) is 21.5 Å². The summed E-state index contributed by atoms with van der Waals surface area (Å²) in [5.74, 6) is -1.44. The van der Waals surface area contributed by atoms with Crippen LogP contribution in [0, 0.1) is 5.82 Å². The van der Waals surface area contributed by atoms with Crippen LogP contribution >= 0.6 is 0 Å². The van der Waals surface area contributed by atoms with E-state index >= 15 is 0 Å². The van der Waals surface area contributed by atoms with Gasteiger partial charge in [-0.05, 0) is 66.7 Å². The Balaban J connectivity index is 1.52. The molecule has 180 valence electrons. The highest BCUT2D eigenvalue weighted by atomic mass is 32.2. The Morgan fingerprint density at radius 3 is 2.17 bits per heavy atom. The topological polar surface area (TPSA) is 122 Å². The minimum Gasteiger partial charge on any atom is -0.495 e. The van der Waals surface area contributed by atoms with Crippen LogP contribution in [0.25, 0.3) is 0 Å². The number of anilines is 3. The molecule has 0 saturated carbocycles. The Morgan fingerprint density at radius 1 is 0.943 bits per heavy atom. The summed E-state index contributed by atoms with van der Waals surface area (Å²) in [7, 11) is -2.69. The minimum absolute atomic E-state index is 0.0658. The largest absolute Gasteiger partial charge is 0.495 e. The van der Waals surface area contributed by atoms with E-state index in [1.165, 1.54) is 49.6 Å². The molecule has 1 aliphatic rings. The molecule has 3 aromatic rings. The van der Waals surface area contributed by atoms with E-state index in [-0.39, 0.29) is 52.2 Å². The van der Waals surface area contributed by atoms with Crippen LogP contribution in [-0.2, 0) is 19.6 Å². The van der Waals surface area contributed by atoms with Crippen LogP contribution in [0.3, 0.4) is 0 Å². The Hall–Kier alpha value is -4.25. The van der Waals surface area contributed by atoms with Gasteiger partial charge < -0.3 is 10.1 Å². The lowest BCUT2D eigenvalue weighted by atomic mass is 10.1. The highest BCUT2D eigenvalue weighted by molar-refractivity contribution is 7.92. The van der Waals surface area contributed by atoms with Gasteiger partial charge in [-0.1, -0.05) is 0 Å². The predicted molar refractivity (Wildman–Crippen MR) is 126 cm³/mol. The van der Waals surface area contributed by atoms with Gasteiger partial charge in [-0.15, -0.1) is 0 Å². The van der Waals surface area contributed by atoms with Crippen molar-refractivity contribution in [3.8, 4) is 5.75 Å². The molecule has 0 aromatic heterocycles. The first kappa shape index (κ1) is 23.9. The monoisotopic (exact) mass is 497 g/mol. The molecule has 35 heavy (non-hydrogen) atoms. The fourth-order valence-electron chi connectivity index (χ4n) is 3.51. The number of hydrogen-bond donors (Lipinski definition) is 2. The molecule has 0 unspecified atom stereocenters. The Morgan fingerprint density at radius 2 is 1.57 bits per heavy atom. The molecule has 0 spiro atoms. The number of hydrogen-bond acceptors (Lipinski definition) is 6. The summed E-state index contributed by atoms with van der Waals surface area (Å²) in [6.07, 6.45) is 0.317. The highest BCUT2D eigenvalue weighted by Gasteiger charge is 2.30. The second-order valence-corrected chi connectivity index (χ2v) is 9.28. The minimum atomic E-state index is -4.05. The van der Waals surface area contributed by atoms with Gasteiger partial charge in [-0.3, -0.25) is 24.0 Å². The summed E-state index contributed by atoms with van der Waals surface area (Å²) in [6.45, 7) is 0. The molecule has 3 aromatic carbocycles. The summed E-state index contributed by atoms with van der Waals surface area (Å²) in [4.78, 5) is 37.4. The molecule has 3 amide bonds. The van der Waals surface area contributed by atoms with Crippen molar-refractivity contribution in [1.29, 1.82) is 0 Å². The van der Waals surface area contributed by atoms with Crippen molar-refractivity contribution < 1.29 is 31.9 Å². The molecular weight excluding hydrogens is 477 g/mol. The highest BCUT2D eigenvalue weighted by Crippen LogP contribution is 2.30. The van der Waals surface area contributed by atoms with Crippen LogP contribution < -0.4 is 19.7 Å². The van der Waals surface area contributed by atoms with Gasteiger partial charge in [-0.2, -0.15) is 0 Å². The van der Waals surface area contributed by atoms with Crippen LogP contribution in [0.1, 0.15) is 23.2 Å². The molecule has 1 heterocycles. The average Bonchev–Trinajstić information content (AvgIpc) is 3.17. The Kier molecular flexibility index (Phi) is 6.52. The first-order chi connectivity index (χ1) is 16.7. The number of amides is 3. The number of halogens is 1. The fourth-order valence-corrected chi connectivity index (χ4v) is 4.57. The number of ether oxygens (including phenoxy) is 1. The third-order valence-electron chi connectivity index (χ3n) is 5.26. The van der Waals surface area contributed by atoms with Gasteiger partial charge in [-0.25, -0.2) is 12.8 Å². The van der Waals surface area contributed by atoms with Gasteiger partial charge >= 0.3 is 0 Å². The predicted octanol–water partition coefficient (Wildman–Crippen LogP) is 3.54. The maximum atomic E-state index is 13.2. The maximum absolute atomic E-state index is 13.2. The third kappa shape index (κ3) is 5.14. The van der Waals surface area contributed by atoms with E-state index in [2.05, 4.69) is 10.0 Å². The molecule has 2 N–H and O–H groups in total. The SMILES string of the molecule is COc1ccc(NC(=O)c2ccc(N3C(=O)CCC3=O)cc2)cc1NS(=O)(=O)c1ccc(F)cc1. The normalized spacial score (nSPS) is 13.6. The number of methoxy groups -OCH3 is 1. The van der Waals surface area contributed by atoms with Crippen molar-refractivity contribution in [2.45, 2.75) is 17.7 Å². The lowest BCUT2D eigenvalue weighted by Gasteiger charge is -2.15. The molecule has 1 saturated heterocycles. The number of imide groups is 1. The summed E-state index contributed by atoms with van der Waals surface area (Å²) in [5.41, 5.74) is 0.991. The molecule has 0 radical (unpaired) electrons. The van der Waals surface area contributed by atoms with Crippen molar-refractivity contribution in [1.82, 2.24) is 0 Å². The van der Waals surface area contributed by atoms with E-state index in [4.69, 9.17) is 4.74 Å². The van der Waals surface area contributed by atoms with Gasteiger partial charge in [0.25, 0.3) is 15.9 Å². The summed E-state index contributed by atoms with van der Waals surface area (Å²) < 4.78 is 46.1. The van der Waals surface area contributed by atoms with Gasteiger partial charge in [0, 0.05) is 24.1 Å². The molecule has 1 aliphatic heterocycles. The van der Waals surface area contributed by atoms with Gasteiger partial charge in [0.2, 0.25) is 11.8 Å². The number of nitrogens with zero attached hydrogens (tertiary/aromatic N) is 1. The van der Waals surface area contributed by atoms with E-state index in [9.17, 15) is 27.2 Å². The fraction of sp³-hybridized carbons (Fsp3) is 0.125. The Bertz CT molecular complexity index is 1390. The number of sulfonamides is 1. The number of benzene rings is 3. The van der Waals surface area contributed by atoms with Gasteiger partial charge in [0.15, 0.2) is 0 Å². The molecule has 0 bridgehead atoms. The Labute approximate surface area is 200 Å². The number of carbonyl (C=O) groups excluding carboxylic acids is 3. The average molecular weight is 498 g/mol. The van der Waals surface area contributed by atoms with Crippen LogP contribution in [0.2, 0.25) is 0 Å². The second-order valence-electron chi connectivity index (χ2n) is 7.60. The van der Waals surface area contributed by atoms with E-state index in [0.717, 1.165) is 29.2 Å². The smallest absolute Gasteiger partial charge is 0.262 e. The molecular formula is C24H20FN3O6S. The van der Waals surface area contributed by atoms with Crippen molar-refractivity contribution in [3.63, 3.8) is 0 Å². The molecule has 0 atom stereocenters. The summed E-state index contributed by atoms with van der Waals surface area (Å²) >= 11 is 0. The summed E-state index contributed by atoms with van der Waals surface area (Å²) in [5, 5.41) is 2.66. The standard InChI is InChI=1S/C24H20FN3O6S/c1-34-21-11-6-17(14-20(21)27-35(32,33)19-9-4-16(25)5-10-19)26-24(31)15-2-7-18(8-3-15)28-22(29)12-13-23(28)30/h2-11,14,27H,12-13H2,1H3,(H,26,31). The summed E-state index contributed by atoms with van der Waals surface area (Å²) in [6, 6.07) is 14.7. The number of carbonyl (C=O) groups is 3. The lowest BCUT2D eigenvalue weighted by Crippen LogP contribution is -2.28. The number of nitrogens with one attached hydrogen (secondary N) is 2. The first-order valence-corrected chi connectivity index (χ1v) is 11.9. The quantitative estimate of drug-likeness (QED) is 0.482. The van der Waals surface area contributed by atoms with Crippen LogP contribution in [0.5, 0.6) is 5.75 Å². The molecule has 11 heteroatoms. The molecule has 1 fully saturated rings. The van der Waals surface area contributed by atoms with Crippen molar-refractivity contribution >= 4 is 44.8 Å². The second kappa shape index (κ2) is 9.55. The van der Waals surface area contributed by atoms with Crippen molar-refractivity contribution in [2.24, 2.45) is 0 Å². The molecule has 0 aliphatic carbocycles. The van der Waals surface area contributed by atoms with Crippen molar-refractivity contribution in [3.05, 3.63) is 78.1 Å². The van der Waals surface area contributed by atoms with Crippen molar-refractivity contribution in [2.75, 3.05) is 22.0 Å².